The number of carbonyl (C=O) groups is 2. The Morgan fingerprint density at radius 1 is 1.09 bits per heavy atom. The van der Waals surface area contributed by atoms with Crippen LogP contribution >= 0.6 is 11.8 Å². The number of rotatable bonds is 6. The number of thioether (sulfide) groups is 1. The summed E-state index contributed by atoms with van der Waals surface area (Å²) in [4.78, 5) is 40.6. The third-order valence-corrected chi connectivity index (χ3v) is 6.99. The minimum absolute atomic E-state index is 0.146. The normalized spacial score (nSPS) is 20.1. The van der Waals surface area contributed by atoms with Crippen LogP contribution in [0.5, 0.6) is 0 Å². The van der Waals surface area contributed by atoms with Gasteiger partial charge in [-0.05, 0) is 36.2 Å². The molecular weight excluding hydrogens is 430 g/mol. The molecule has 9 heteroatoms. The molecule has 32 heavy (non-hydrogen) atoms. The first-order valence-electron chi connectivity index (χ1n) is 10.0. The Morgan fingerprint density at radius 3 is 2.50 bits per heavy atom. The van der Waals surface area contributed by atoms with Crippen LogP contribution in [0.2, 0.25) is 0 Å². The van der Waals surface area contributed by atoms with Crippen LogP contribution in [0.25, 0.3) is 0 Å². The van der Waals surface area contributed by atoms with Crippen LogP contribution in [0.4, 0.5) is 5.82 Å². The maximum absolute atomic E-state index is 12.7. The standard InChI is InChI=1S/C23H21N3O5S/c27-13-18-17(15-8-4-5-9-16(15)22(29)30)12-20(32-18)26-11-10-19(25-23(26)31)24-21(28)14-6-2-1-3-7-14/h1-11,17-18,20,27H,12-13H2,(H,29,30)(H,24,25,28,31)/t17-,18+,20-/m1/s1. The van der Waals surface area contributed by atoms with Crippen molar-refractivity contribution in [3.05, 3.63) is 94.0 Å². The fourth-order valence-electron chi connectivity index (χ4n) is 3.89. The zero-order valence-corrected chi connectivity index (χ0v) is 17.7. The minimum Gasteiger partial charge on any atom is -0.478 e. The number of anilines is 1. The lowest BCUT2D eigenvalue weighted by atomic mass is 9.89. The number of aromatic carboxylic acids is 1. The molecule has 8 nitrogen and oxygen atoms in total. The van der Waals surface area contributed by atoms with E-state index in [9.17, 15) is 24.6 Å². The first-order chi connectivity index (χ1) is 15.5. The number of aliphatic hydroxyl groups is 1. The second-order valence-corrected chi connectivity index (χ2v) is 8.79. The van der Waals surface area contributed by atoms with Crippen LogP contribution in [0.1, 0.15) is 44.0 Å². The molecule has 1 saturated heterocycles. The highest BCUT2D eigenvalue weighted by molar-refractivity contribution is 8.00. The Bertz CT molecular complexity index is 1200. The van der Waals surface area contributed by atoms with Gasteiger partial charge < -0.3 is 15.5 Å². The topological polar surface area (TPSA) is 122 Å². The van der Waals surface area contributed by atoms with E-state index in [2.05, 4.69) is 10.3 Å². The van der Waals surface area contributed by atoms with Gasteiger partial charge in [0.05, 0.1) is 17.5 Å². The molecule has 4 rings (SSSR count). The molecule has 1 fully saturated rings. The number of carboxylic acids is 1. The maximum atomic E-state index is 12.7. The first kappa shape index (κ1) is 21.8. The molecule has 2 heterocycles. The van der Waals surface area contributed by atoms with E-state index in [1.165, 1.54) is 16.3 Å². The number of carboxylic acid groups (broad SMARTS) is 1. The molecule has 1 aliphatic rings. The quantitative estimate of drug-likeness (QED) is 0.527. The molecule has 1 amide bonds. The predicted octanol–water partition coefficient (Wildman–Crippen LogP) is 2.97. The summed E-state index contributed by atoms with van der Waals surface area (Å²) in [6, 6.07) is 16.9. The van der Waals surface area contributed by atoms with E-state index in [4.69, 9.17) is 0 Å². The molecule has 0 spiro atoms. The Morgan fingerprint density at radius 2 is 1.81 bits per heavy atom. The van der Waals surface area contributed by atoms with Crippen LogP contribution in [0.15, 0.2) is 71.7 Å². The zero-order chi connectivity index (χ0) is 22.7. The van der Waals surface area contributed by atoms with E-state index < -0.39 is 11.7 Å². The summed E-state index contributed by atoms with van der Waals surface area (Å²) < 4.78 is 1.45. The van der Waals surface area contributed by atoms with Crippen molar-refractivity contribution in [2.45, 2.75) is 23.0 Å². The SMILES string of the molecule is O=C(Nc1ccn([C@H]2C[C@H](c3ccccc3C(=O)O)[C@H](CO)S2)c(=O)n1)c1ccccc1. The largest absolute Gasteiger partial charge is 0.478 e. The van der Waals surface area contributed by atoms with E-state index in [-0.39, 0.29) is 40.4 Å². The summed E-state index contributed by atoms with van der Waals surface area (Å²) in [6.45, 7) is -0.146. The molecule has 2 aromatic carbocycles. The average Bonchev–Trinajstić information content (AvgIpc) is 3.23. The summed E-state index contributed by atoms with van der Waals surface area (Å²) in [7, 11) is 0. The van der Waals surface area contributed by atoms with Gasteiger partial charge in [0.25, 0.3) is 5.91 Å². The van der Waals surface area contributed by atoms with E-state index in [1.54, 1.807) is 66.9 Å². The smallest absolute Gasteiger partial charge is 0.350 e. The van der Waals surface area contributed by atoms with Gasteiger partial charge in [-0.15, -0.1) is 11.8 Å². The highest BCUT2D eigenvalue weighted by Crippen LogP contribution is 2.49. The highest BCUT2D eigenvalue weighted by atomic mass is 32.2. The number of carbonyl (C=O) groups excluding carboxylic acids is 1. The molecular formula is C23H21N3O5S. The van der Waals surface area contributed by atoms with Crippen molar-refractivity contribution >= 4 is 29.5 Å². The Hall–Kier alpha value is -3.43. The predicted molar refractivity (Wildman–Crippen MR) is 121 cm³/mol. The number of aliphatic hydroxyl groups excluding tert-OH is 1. The third kappa shape index (κ3) is 4.44. The number of amides is 1. The summed E-state index contributed by atoms with van der Waals surface area (Å²) >= 11 is 1.41. The van der Waals surface area contributed by atoms with Gasteiger partial charge in [0, 0.05) is 22.9 Å². The molecule has 0 radical (unpaired) electrons. The van der Waals surface area contributed by atoms with Gasteiger partial charge in [0.2, 0.25) is 0 Å². The van der Waals surface area contributed by atoms with Crippen LogP contribution < -0.4 is 11.0 Å². The molecule has 0 aliphatic carbocycles. The molecule has 0 saturated carbocycles. The van der Waals surface area contributed by atoms with Crippen LogP contribution in [0.3, 0.4) is 0 Å². The lowest BCUT2D eigenvalue weighted by Crippen LogP contribution is -2.26. The third-order valence-electron chi connectivity index (χ3n) is 5.42. The molecule has 3 atom stereocenters. The van der Waals surface area contributed by atoms with Crippen molar-refractivity contribution in [1.82, 2.24) is 9.55 Å². The van der Waals surface area contributed by atoms with Crippen molar-refractivity contribution in [2.75, 3.05) is 11.9 Å². The van der Waals surface area contributed by atoms with E-state index in [0.717, 1.165) is 0 Å². The van der Waals surface area contributed by atoms with Gasteiger partial charge in [-0.3, -0.25) is 9.36 Å². The molecule has 0 bridgehead atoms. The van der Waals surface area contributed by atoms with Gasteiger partial charge in [0.15, 0.2) is 0 Å². The van der Waals surface area contributed by atoms with Crippen molar-refractivity contribution < 1.29 is 19.8 Å². The van der Waals surface area contributed by atoms with Crippen molar-refractivity contribution in [3.8, 4) is 0 Å². The monoisotopic (exact) mass is 451 g/mol. The van der Waals surface area contributed by atoms with Crippen LogP contribution in [-0.4, -0.2) is 43.5 Å². The van der Waals surface area contributed by atoms with Gasteiger partial charge in [0.1, 0.15) is 5.82 Å². The first-order valence-corrected chi connectivity index (χ1v) is 11.0. The van der Waals surface area contributed by atoms with Gasteiger partial charge >= 0.3 is 11.7 Å². The van der Waals surface area contributed by atoms with E-state index >= 15 is 0 Å². The molecule has 3 N–H and O–H groups in total. The summed E-state index contributed by atoms with van der Waals surface area (Å²) in [5.74, 6) is -1.47. The van der Waals surface area contributed by atoms with Gasteiger partial charge in [-0.1, -0.05) is 36.4 Å². The van der Waals surface area contributed by atoms with Crippen LogP contribution in [-0.2, 0) is 0 Å². The number of nitrogens with one attached hydrogen (secondary N) is 1. The Labute approximate surface area is 187 Å². The fraction of sp³-hybridized carbons (Fsp3) is 0.217. The van der Waals surface area contributed by atoms with Crippen molar-refractivity contribution in [1.29, 1.82) is 0 Å². The van der Waals surface area contributed by atoms with E-state index in [0.29, 0.717) is 17.5 Å². The highest BCUT2D eigenvalue weighted by Gasteiger charge is 2.38. The Kier molecular flexibility index (Phi) is 6.38. The number of aromatic nitrogens is 2. The minimum atomic E-state index is -1.02. The van der Waals surface area contributed by atoms with E-state index in [1.807, 2.05) is 0 Å². The van der Waals surface area contributed by atoms with Gasteiger partial charge in [-0.25, -0.2) is 9.59 Å². The number of nitrogens with zero attached hydrogens (tertiary/aromatic N) is 2. The summed E-state index contributed by atoms with van der Waals surface area (Å²) in [6.07, 6.45) is 2.03. The molecule has 0 unspecified atom stereocenters. The van der Waals surface area contributed by atoms with Gasteiger partial charge in [-0.2, -0.15) is 4.98 Å². The number of hydrogen-bond acceptors (Lipinski definition) is 6. The lowest BCUT2D eigenvalue weighted by molar-refractivity contribution is 0.0694. The maximum Gasteiger partial charge on any atom is 0.350 e. The second-order valence-electron chi connectivity index (χ2n) is 7.37. The second kappa shape index (κ2) is 9.37. The zero-order valence-electron chi connectivity index (χ0n) is 16.9. The summed E-state index contributed by atoms with van der Waals surface area (Å²) in [5, 5.41) is 21.5. The lowest BCUT2D eigenvalue weighted by Gasteiger charge is -2.18. The molecule has 3 aromatic rings. The summed E-state index contributed by atoms with van der Waals surface area (Å²) in [5.41, 5.74) is 0.760. The molecule has 1 aromatic heterocycles. The fourth-order valence-corrected chi connectivity index (χ4v) is 5.44. The molecule has 1 aliphatic heterocycles. The van der Waals surface area contributed by atoms with Crippen molar-refractivity contribution in [3.63, 3.8) is 0 Å². The average molecular weight is 452 g/mol. The van der Waals surface area contributed by atoms with Crippen molar-refractivity contribution in [2.24, 2.45) is 0 Å². The number of hydrogen-bond donors (Lipinski definition) is 3. The molecule has 164 valence electrons. The number of benzene rings is 2. The van der Waals surface area contributed by atoms with Crippen LogP contribution in [0, 0.1) is 0 Å². The Balaban J connectivity index is 1.55.